The summed E-state index contributed by atoms with van der Waals surface area (Å²) < 4.78 is 62.2. The molecule has 12 heteroatoms. The lowest BCUT2D eigenvalue weighted by molar-refractivity contribution is -0.127. The minimum absolute atomic E-state index is 0.129. The number of anilines is 1. The maximum atomic E-state index is 12.6. The zero-order chi connectivity index (χ0) is 24.4. The molecule has 0 aromatic heterocycles. The van der Waals surface area contributed by atoms with E-state index in [1.165, 1.54) is 38.4 Å². The predicted octanol–water partition coefficient (Wildman–Crippen LogP) is 0.968. The van der Waals surface area contributed by atoms with Crippen LogP contribution >= 0.6 is 0 Å². The van der Waals surface area contributed by atoms with Gasteiger partial charge in [0.2, 0.25) is 20.0 Å². The molecule has 1 amide bonds. The van der Waals surface area contributed by atoms with Crippen LogP contribution in [-0.4, -0.2) is 73.2 Å². The second-order valence-corrected chi connectivity index (χ2v) is 11.8. The van der Waals surface area contributed by atoms with Crippen molar-refractivity contribution >= 4 is 31.6 Å². The molecule has 0 saturated heterocycles. The van der Waals surface area contributed by atoms with Gasteiger partial charge in [0.05, 0.1) is 29.9 Å². The molecule has 1 heterocycles. The molecule has 1 aliphatic rings. The molecule has 0 spiro atoms. The van der Waals surface area contributed by atoms with Crippen molar-refractivity contribution in [2.45, 2.75) is 17.9 Å². The molecule has 180 valence electrons. The Kier molecular flexibility index (Phi) is 7.20. The topological polar surface area (TPSA) is 122 Å². The van der Waals surface area contributed by atoms with Crippen molar-refractivity contribution in [1.82, 2.24) is 9.62 Å². The van der Waals surface area contributed by atoms with E-state index in [4.69, 9.17) is 9.47 Å². The summed E-state index contributed by atoms with van der Waals surface area (Å²) >= 11 is 0. The number of rotatable bonds is 8. The van der Waals surface area contributed by atoms with E-state index in [9.17, 15) is 21.6 Å². The molecule has 1 aliphatic heterocycles. The van der Waals surface area contributed by atoms with Crippen LogP contribution < -0.4 is 19.1 Å². The summed E-state index contributed by atoms with van der Waals surface area (Å²) in [5.41, 5.74) is 1.27. The lowest BCUT2D eigenvalue weighted by atomic mass is 10.1. The van der Waals surface area contributed by atoms with E-state index in [1.54, 1.807) is 18.2 Å². The van der Waals surface area contributed by atoms with Crippen LogP contribution in [0.2, 0.25) is 0 Å². The number of nitrogens with one attached hydrogen (secondary N) is 1. The molecule has 1 N–H and O–H groups in total. The van der Waals surface area contributed by atoms with E-state index >= 15 is 0 Å². The summed E-state index contributed by atoms with van der Waals surface area (Å²) in [6.07, 6.45) is 0.0735. The van der Waals surface area contributed by atoms with Crippen LogP contribution in [0.3, 0.4) is 0 Å². The van der Waals surface area contributed by atoms with Crippen molar-refractivity contribution in [3.05, 3.63) is 48.0 Å². The van der Waals surface area contributed by atoms with Crippen molar-refractivity contribution in [2.75, 3.05) is 44.4 Å². The molecule has 0 bridgehead atoms. The zero-order valence-corrected chi connectivity index (χ0v) is 20.4. The Hall–Kier alpha value is -2.83. The molecule has 0 fully saturated rings. The Labute approximate surface area is 194 Å². The predicted molar refractivity (Wildman–Crippen MR) is 124 cm³/mol. The summed E-state index contributed by atoms with van der Waals surface area (Å²) in [7, 11) is -4.21. The smallest absolute Gasteiger partial charge is 0.263 e. The minimum Gasteiger partial charge on any atom is -0.492 e. The van der Waals surface area contributed by atoms with Gasteiger partial charge in [-0.1, -0.05) is 6.07 Å². The fourth-order valence-electron chi connectivity index (χ4n) is 3.19. The van der Waals surface area contributed by atoms with Crippen LogP contribution in [-0.2, 0) is 24.8 Å². The second kappa shape index (κ2) is 9.57. The lowest BCUT2D eigenvalue weighted by Gasteiger charge is -2.34. The first-order valence-corrected chi connectivity index (χ1v) is 13.4. The van der Waals surface area contributed by atoms with E-state index in [2.05, 4.69) is 5.32 Å². The normalized spacial score (nSPS) is 16.2. The molecular formula is C21H27N3O7S2. The Morgan fingerprint density at radius 3 is 2.42 bits per heavy atom. The average molecular weight is 498 g/mol. The second-order valence-electron chi connectivity index (χ2n) is 7.77. The third kappa shape index (κ3) is 5.75. The SMILES string of the molecule is Cc1ccc2c(c1)O[C@@H](C(=O)NCCOc1ccc(S(=O)(=O)N(C)C)cc1)CN2S(C)(=O)=O. The molecule has 10 nitrogen and oxygen atoms in total. The largest absolute Gasteiger partial charge is 0.492 e. The van der Waals surface area contributed by atoms with Crippen molar-refractivity contribution in [2.24, 2.45) is 0 Å². The van der Waals surface area contributed by atoms with E-state index in [-0.39, 0.29) is 24.6 Å². The monoisotopic (exact) mass is 497 g/mol. The molecule has 0 saturated carbocycles. The first-order valence-electron chi connectivity index (χ1n) is 10.1. The third-order valence-electron chi connectivity index (χ3n) is 4.95. The third-order valence-corrected chi connectivity index (χ3v) is 7.93. The summed E-state index contributed by atoms with van der Waals surface area (Å²) in [4.78, 5) is 12.8. The molecule has 0 radical (unpaired) electrons. The van der Waals surface area contributed by atoms with Gasteiger partial charge in [-0.3, -0.25) is 9.10 Å². The number of nitrogens with zero attached hydrogens (tertiary/aromatic N) is 2. The van der Waals surface area contributed by atoms with E-state index < -0.39 is 32.1 Å². The van der Waals surface area contributed by atoms with Gasteiger partial charge in [0.1, 0.15) is 18.1 Å². The van der Waals surface area contributed by atoms with Crippen LogP contribution in [0.5, 0.6) is 11.5 Å². The lowest BCUT2D eigenvalue weighted by Crippen LogP contribution is -2.51. The summed E-state index contributed by atoms with van der Waals surface area (Å²) in [5.74, 6) is 0.311. The Balaban J connectivity index is 1.57. The van der Waals surface area contributed by atoms with E-state index in [0.29, 0.717) is 17.2 Å². The fourth-order valence-corrected chi connectivity index (χ4v) is 5.00. The number of benzene rings is 2. The number of ether oxygens (including phenoxy) is 2. The van der Waals surface area contributed by atoms with E-state index in [0.717, 1.165) is 20.4 Å². The fraction of sp³-hybridized carbons (Fsp3) is 0.381. The Morgan fingerprint density at radius 1 is 1.15 bits per heavy atom. The quantitative estimate of drug-likeness (QED) is 0.539. The van der Waals surface area contributed by atoms with Gasteiger partial charge >= 0.3 is 0 Å². The Bertz CT molecular complexity index is 1230. The van der Waals surface area contributed by atoms with Gasteiger partial charge in [0.25, 0.3) is 5.91 Å². The highest BCUT2D eigenvalue weighted by Crippen LogP contribution is 2.35. The molecular weight excluding hydrogens is 470 g/mol. The van der Waals surface area contributed by atoms with Gasteiger partial charge in [-0.25, -0.2) is 21.1 Å². The van der Waals surface area contributed by atoms with Gasteiger partial charge in [-0.15, -0.1) is 0 Å². The zero-order valence-electron chi connectivity index (χ0n) is 18.8. The number of fused-ring (bicyclic) bond motifs is 1. The van der Waals surface area contributed by atoms with Crippen molar-refractivity contribution in [3.8, 4) is 11.5 Å². The molecule has 2 aromatic carbocycles. The molecule has 1 atom stereocenters. The summed E-state index contributed by atoms with van der Waals surface area (Å²) in [5, 5.41) is 2.68. The summed E-state index contributed by atoms with van der Waals surface area (Å²) in [6, 6.07) is 11.1. The summed E-state index contributed by atoms with van der Waals surface area (Å²) in [6.45, 7) is 1.99. The number of hydrogen-bond donors (Lipinski definition) is 1. The van der Waals surface area contributed by atoms with E-state index in [1.807, 2.05) is 6.92 Å². The first kappa shape index (κ1) is 24.8. The Morgan fingerprint density at radius 2 is 1.82 bits per heavy atom. The minimum atomic E-state index is -3.60. The van der Waals surface area contributed by atoms with Crippen molar-refractivity contribution in [1.29, 1.82) is 0 Å². The number of amides is 1. The highest BCUT2D eigenvalue weighted by molar-refractivity contribution is 7.92. The molecule has 0 unspecified atom stereocenters. The van der Waals surface area contributed by atoms with Gasteiger partial charge < -0.3 is 14.8 Å². The molecule has 2 aromatic rings. The van der Waals surface area contributed by atoms with Crippen LogP contribution in [0.25, 0.3) is 0 Å². The highest BCUT2D eigenvalue weighted by atomic mass is 32.2. The number of sulfonamides is 2. The van der Waals surface area contributed by atoms with Crippen molar-refractivity contribution < 1.29 is 31.1 Å². The van der Waals surface area contributed by atoms with Crippen LogP contribution in [0.4, 0.5) is 5.69 Å². The van der Waals surface area contributed by atoms with Crippen LogP contribution in [0.15, 0.2) is 47.4 Å². The molecule has 0 aliphatic carbocycles. The van der Waals surface area contributed by atoms with Crippen LogP contribution in [0, 0.1) is 6.92 Å². The number of carbonyl (C=O) groups excluding carboxylic acids is 1. The van der Waals surface area contributed by atoms with Gasteiger partial charge in [-0.2, -0.15) is 0 Å². The van der Waals surface area contributed by atoms with Gasteiger partial charge in [-0.05, 0) is 48.9 Å². The molecule has 33 heavy (non-hydrogen) atoms. The van der Waals surface area contributed by atoms with Crippen LogP contribution in [0.1, 0.15) is 5.56 Å². The number of hydrogen-bond acceptors (Lipinski definition) is 7. The number of carbonyl (C=O) groups is 1. The number of aryl methyl sites for hydroxylation is 1. The standard InChI is InChI=1S/C21H27N3O7S2/c1-15-5-10-18-19(13-15)31-20(14-24(18)32(4,26)27)21(25)22-11-12-30-16-6-8-17(9-7-16)33(28,29)23(2)3/h5-10,13,20H,11-12,14H2,1-4H3,(H,22,25)/t20-/m1/s1. The van der Waals surface area contributed by atoms with Gasteiger partial charge in [0, 0.05) is 14.1 Å². The first-order chi connectivity index (χ1) is 15.4. The highest BCUT2D eigenvalue weighted by Gasteiger charge is 2.34. The van der Waals surface area contributed by atoms with Gasteiger partial charge in [0.15, 0.2) is 6.10 Å². The average Bonchev–Trinajstić information content (AvgIpc) is 2.75. The maximum Gasteiger partial charge on any atom is 0.263 e. The maximum absolute atomic E-state index is 12.6. The molecule has 3 rings (SSSR count). The van der Waals surface area contributed by atoms with Crippen molar-refractivity contribution in [3.63, 3.8) is 0 Å².